The van der Waals surface area contributed by atoms with Gasteiger partial charge in [-0.1, -0.05) is 56.3 Å². The van der Waals surface area contributed by atoms with Crippen molar-refractivity contribution < 1.29 is 14.3 Å². The summed E-state index contributed by atoms with van der Waals surface area (Å²) in [6.45, 7) is 6.26. The van der Waals surface area contributed by atoms with E-state index in [0.29, 0.717) is 23.1 Å². The Morgan fingerprint density at radius 3 is 2.13 bits per heavy atom. The highest BCUT2D eigenvalue weighted by Crippen LogP contribution is 2.35. The molecule has 0 spiro atoms. The summed E-state index contributed by atoms with van der Waals surface area (Å²) in [6, 6.07) is 17.0. The fourth-order valence-corrected chi connectivity index (χ4v) is 4.62. The highest BCUT2D eigenvalue weighted by molar-refractivity contribution is 6.35. The first kappa shape index (κ1) is 20.2. The summed E-state index contributed by atoms with van der Waals surface area (Å²) < 4.78 is 5.21. The third-order valence-electron chi connectivity index (χ3n) is 5.89. The highest BCUT2D eigenvalue weighted by atomic mass is 16.5. The number of hydrogen-bond acceptors (Lipinski definition) is 4. The van der Waals surface area contributed by atoms with Gasteiger partial charge in [-0.25, -0.2) is 0 Å². The zero-order valence-electron chi connectivity index (χ0n) is 17.8. The van der Waals surface area contributed by atoms with E-state index in [0.717, 1.165) is 36.4 Å². The van der Waals surface area contributed by atoms with Crippen molar-refractivity contribution in [3.05, 3.63) is 71.4 Å². The first-order valence-electron chi connectivity index (χ1n) is 10.5. The quantitative estimate of drug-likeness (QED) is 0.708. The molecule has 1 fully saturated rings. The number of imide groups is 1. The predicted octanol–water partition coefficient (Wildman–Crippen LogP) is 3.95. The van der Waals surface area contributed by atoms with Gasteiger partial charge in [0.2, 0.25) is 0 Å². The maximum Gasteiger partial charge on any atom is 0.278 e. The van der Waals surface area contributed by atoms with Gasteiger partial charge in [-0.3, -0.25) is 14.5 Å². The molecule has 1 saturated heterocycles. The van der Waals surface area contributed by atoms with E-state index >= 15 is 0 Å². The lowest BCUT2D eigenvalue weighted by Gasteiger charge is -2.37. The number of nitrogens with zero attached hydrogens (tertiary/aromatic N) is 2. The Morgan fingerprint density at radius 1 is 0.900 bits per heavy atom. The number of ether oxygens (including phenoxy) is 1. The van der Waals surface area contributed by atoms with Gasteiger partial charge in [0.05, 0.1) is 19.2 Å². The van der Waals surface area contributed by atoms with E-state index < -0.39 is 0 Å². The van der Waals surface area contributed by atoms with Gasteiger partial charge in [0.15, 0.2) is 0 Å². The maximum absolute atomic E-state index is 13.5. The summed E-state index contributed by atoms with van der Waals surface area (Å²) >= 11 is 0. The topological polar surface area (TPSA) is 49.9 Å². The lowest BCUT2D eigenvalue weighted by Crippen LogP contribution is -2.41. The van der Waals surface area contributed by atoms with Crippen LogP contribution in [0.3, 0.4) is 0 Å². The minimum absolute atomic E-state index is 0.198. The summed E-state index contributed by atoms with van der Waals surface area (Å²) in [5.41, 5.74) is 2.77. The first-order valence-corrected chi connectivity index (χ1v) is 10.5. The third kappa shape index (κ3) is 3.84. The van der Waals surface area contributed by atoms with E-state index in [-0.39, 0.29) is 18.4 Å². The molecule has 2 aromatic carbocycles. The summed E-state index contributed by atoms with van der Waals surface area (Å²) in [5, 5.41) is 0. The lowest BCUT2D eigenvalue weighted by atomic mass is 9.91. The van der Waals surface area contributed by atoms with Gasteiger partial charge in [-0.2, -0.15) is 0 Å². The molecule has 2 aromatic rings. The number of carbonyl (C=O) groups is 2. The number of amides is 2. The Kier molecular flexibility index (Phi) is 5.62. The van der Waals surface area contributed by atoms with Crippen molar-refractivity contribution in [2.24, 2.45) is 11.8 Å². The van der Waals surface area contributed by atoms with Crippen LogP contribution in [0.4, 0.5) is 0 Å². The average molecular weight is 405 g/mol. The van der Waals surface area contributed by atoms with Crippen LogP contribution in [0.15, 0.2) is 60.3 Å². The molecule has 2 atom stereocenters. The van der Waals surface area contributed by atoms with Crippen LogP contribution in [0.1, 0.15) is 31.4 Å². The average Bonchev–Trinajstić information content (AvgIpc) is 2.99. The minimum Gasteiger partial charge on any atom is -0.497 e. The van der Waals surface area contributed by atoms with Crippen LogP contribution in [-0.4, -0.2) is 41.8 Å². The first-order chi connectivity index (χ1) is 14.5. The van der Waals surface area contributed by atoms with Crippen LogP contribution < -0.4 is 4.74 Å². The van der Waals surface area contributed by atoms with Crippen LogP contribution >= 0.6 is 0 Å². The Hall–Kier alpha value is -3.08. The van der Waals surface area contributed by atoms with Gasteiger partial charge >= 0.3 is 0 Å². The van der Waals surface area contributed by atoms with Crippen LogP contribution in [0.2, 0.25) is 0 Å². The highest BCUT2D eigenvalue weighted by Gasteiger charge is 2.42. The minimum atomic E-state index is -0.220. The number of benzene rings is 2. The molecule has 5 heteroatoms. The Bertz CT molecular complexity index is 956. The summed E-state index contributed by atoms with van der Waals surface area (Å²) in [5.74, 6) is 1.30. The second-order valence-corrected chi connectivity index (χ2v) is 8.49. The second-order valence-electron chi connectivity index (χ2n) is 8.49. The molecule has 156 valence electrons. The molecule has 0 radical (unpaired) electrons. The van der Waals surface area contributed by atoms with E-state index in [4.69, 9.17) is 4.74 Å². The molecule has 0 N–H and O–H groups in total. The number of methoxy groups -OCH3 is 1. The summed E-state index contributed by atoms with van der Waals surface area (Å²) in [4.78, 5) is 30.5. The standard InChI is InChI=1S/C25H28N2O3/c1-17-13-18(2)15-26(14-17)23-22(20-7-5-4-6-8-20)24(28)27(25(23)29)16-19-9-11-21(30-3)12-10-19/h4-12,17-18H,13-16H2,1-3H3. The van der Waals surface area contributed by atoms with E-state index in [1.165, 1.54) is 4.90 Å². The molecule has 0 saturated carbocycles. The van der Waals surface area contributed by atoms with E-state index in [2.05, 4.69) is 18.7 Å². The van der Waals surface area contributed by atoms with Gasteiger partial charge in [0, 0.05) is 13.1 Å². The molecular weight excluding hydrogens is 376 g/mol. The number of hydrogen-bond donors (Lipinski definition) is 0. The second kappa shape index (κ2) is 8.34. The van der Waals surface area contributed by atoms with E-state index in [1.807, 2.05) is 54.6 Å². The van der Waals surface area contributed by atoms with E-state index in [9.17, 15) is 9.59 Å². The maximum atomic E-state index is 13.5. The summed E-state index contributed by atoms with van der Waals surface area (Å²) in [6.07, 6.45) is 1.14. The molecule has 2 aliphatic heterocycles. The molecule has 2 aliphatic rings. The van der Waals surface area contributed by atoms with Gasteiger partial charge in [0.25, 0.3) is 11.8 Å². The largest absolute Gasteiger partial charge is 0.497 e. The number of rotatable bonds is 5. The monoisotopic (exact) mass is 404 g/mol. The van der Waals surface area contributed by atoms with Gasteiger partial charge in [0.1, 0.15) is 11.4 Å². The van der Waals surface area contributed by atoms with Crippen molar-refractivity contribution >= 4 is 17.4 Å². The zero-order valence-corrected chi connectivity index (χ0v) is 17.8. The molecule has 5 nitrogen and oxygen atoms in total. The number of likely N-dealkylation sites (tertiary alicyclic amines) is 1. The Balaban J connectivity index is 1.70. The number of piperidine rings is 1. The van der Waals surface area contributed by atoms with Crippen LogP contribution in [0.5, 0.6) is 5.75 Å². The van der Waals surface area contributed by atoms with Gasteiger partial charge < -0.3 is 9.64 Å². The Morgan fingerprint density at radius 2 is 1.53 bits per heavy atom. The fraction of sp³-hybridized carbons (Fsp3) is 0.360. The molecule has 2 heterocycles. The lowest BCUT2D eigenvalue weighted by molar-refractivity contribution is -0.138. The SMILES string of the molecule is COc1ccc(CN2C(=O)C(c3ccccc3)=C(N3CC(C)CC(C)C3)C2=O)cc1. The van der Waals surface area contributed by atoms with Crippen molar-refractivity contribution in [3.63, 3.8) is 0 Å². The van der Waals surface area contributed by atoms with Crippen molar-refractivity contribution in [3.8, 4) is 5.75 Å². The predicted molar refractivity (Wildman–Crippen MR) is 116 cm³/mol. The van der Waals surface area contributed by atoms with Crippen molar-refractivity contribution in [2.75, 3.05) is 20.2 Å². The van der Waals surface area contributed by atoms with Crippen molar-refractivity contribution in [2.45, 2.75) is 26.8 Å². The van der Waals surface area contributed by atoms with Crippen LogP contribution in [0.25, 0.3) is 5.57 Å². The molecule has 0 aromatic heterocycles. The molecule has 0 bridgehead atoms. The molecule has 4 rings (SSSR count). The van der Waals surface area contributed by atoms with Gasteiger partial charge in [-0.15, -0.1) is 0 Å². The van der Waals surface area contributed by atoms with E-state index in [1.54, 1.807) is 7.11 Å². The zero-order chi connectivity index (χ0) is 21.3. The number of carbonyl (C=O) groups excluding carboxylic acids is 2. The smallest absolute Gasteiger partial charge is 0.278 e. The molecule has 2 amide bonds. The van der Waals surface area contributed by atoms with Crippen molar-refractivity contribution in [1.82, 2.24) is 9.80 Å². The molecule has 2 unspecified atom stereocenters. The van der Waals surface area contributed by atoms with Crippen LogP contribution in [-0.2, 0) is 16.1 Å². The van der Waals surface area contributed by atoms with Crippen LogP contribution in [0, 0.1) is 11.8 Å². The fourth-order valence-electron chi connectivity index (χ4n) is 4.62. The van der Waals surface area contributed by atoms with Crippen molar-refractivity contribution in [1.29, 1.82) is 0 Å². The molecule has 30 heavy (non-hydrogen) atoms. The summed E-state index contributed by atoms with van der Waals surface area (Å²) in [7, 11) is 1.62. The Labute approximate surface area is 177 Å². The third-order valence-corrected chi connectivity index (χ3v) is 5.89. The normalized spacial score (nSPS) is 22.1. The molecular formula is C25H28N2O3. The van der Waals surface area contributed by atoms with Gasteiger partial charge in [-0.05, 0) is 41.5 Å². The molecule has 0 aliphatic carbocycles.